The maximum Gasteiger partial charge on any atom is 0.336 e. The number of ether oxygens (including phenoxy) is 2. The maximum absolute atomic E-state index is 12.3. The van der Waals surface area contributed by atoms with E-state index < -0.39 is 0 Å². The normalized spacial score (nSPS) is 22.0. The van der Waals surface area contributed by atoms with Gasteiger partial charge in [-0.3, -0.25) is 4.79 Å². The first-order valence-corrected chi connectivity index (χ1v) is 10.3. The van der Waals surface area contributed by atoms with Crippen molar-refractivity contribution in [3.05, 3.63) is 52.4 Å². The van der Waals surface area contributed by atoms with Crippen LogP contribution in [0.3, 0.4) is 0 Å². The second-order valence-corrected chi connectivity index (χ2v) is 8.56. The van der Waals surface area contributed by atoms with Crippen molar-refractivity contribution >= 4 is 16.9 Å². The van der Waals surface area contributed by atoms with E-state index >= 15 is 0 Å². The zero-order valence-corrected chi connectivity index (χ0v) is 17.9. The second kappa shape index (κ2) is 8.44. The minimum Gasteiger partial charge on any atom is -0.493 e. The Kier molecular flexibility index (Phi) is 6.15. The van der Waals surface area contributed by atoms with Crippen LogP contribution in [0.1, 0.15) is 47.5 Å². The van der Waals surface area contributed by atoms with Crippen LogP contribution in [0.15, 0.2) is 51.2 Å². The minimum absolute atomic E-state index is 0.0974. The fourth-order valence-electron chi connectivity index (χ4n) is 3.83. The predicted octanol–water partition coefficient (Wildman–Crippen LogP) is 5.12. The molecule has 3 rings (SSSR count). The van der Waals surface area contributed by atoms with E-state index in [1.807, 2.05) is 26.0 Å². The fraction of sp³-hybridized carbons (Fsp3) is 0.500. The summed E-state index contributed by atoms with van der Waals surface area (Å²) in [6.45, 7) is 10.7. The van der Waals surface area contributed by atoms with Crippen molar-refractivity contribution in [2.75, 3.05) is 6.61 Å². The van der Waals surface area contributed by atoms with Crippen LogP contribution in [0.4, 0.5) is 0 Å². The number of carbonyl (C=O) groups excluding carboxylic acids is 1. The minimum atomic E-state index is -0.382. The van der Waals surface area contributed by atoms with Gasteiger partial charge in [-0.2, -0.15) is 0 Å². The number of esters is 1. The van der Waals surface area contributed by atoms with Crippen LogP contribution in [0, 0.1) is 17.3 Å². The topological polar surface area (TPSA) is 65.7 Å². The summed E-state index contributed by atoms with van der Waals surface area (Å²) in [5, 5.41) is 0.850. The monoisotopic (exact) mass is 398 g/mol. The molecule has 0 saturated heterocycles. The summed E-state index contributed by atoms with van der Waals surface area (Å²) in [6, 6.07) is 8.63. The lowest BCUT2D eigenvalue weighted by Crippen LogP contribution is -2.45. The lowest BCUT2D eigenvalue weighted by atomic mass is 9.67. The van der Waals surface area contributed by atoms with E-state index in [0.717, 1.165) is 18.2 Å². The van der Waals surface area contributed by atoms with Gasteiger partial charge in [0.25, 0.3) is 0 Å². The van der Waals surface area contributed by atoms with Gasteiger partial charge in [0, 0.05) is 35.3 Å². The standard InChI is InChI=1S/C24H30O5/c1-6-15(2)23(26)29-21-11-7-16(3)19(24(21,4)5)14-27-18-10-8-17-9-12-22(25)28-20(17)13-18/h7-10,12-13,15,19,21H,6,11,14H2,1-5H3. The first-order chi connectivity index (χ1) is 13.7. The summed E-state index contributed by atoms with van der Waals surface area (Å²) in [4.78, 5) is 23.8. The summed E-state index contributed by atoms with van der Waals surface area (Å²) in [5.74, 6) is 0.515. The second-order valence-electron chi connectivity index (χ2n) is 8.56. The molecule has 3 unspecified atom stereocenters. The molecule has 0 aliphatic heterocycles. The molecule has 1 aromatic heterocycles. The molecular formula is C24H30O5. The van der Waals surface area contributed by atoms with Gasteiger partial charge >= 0.3 is 11.6 Å². The van der Waals surface area contributed by atoms with Crippen molar-refractivity contribution in [1.29, 1.82) is 0 Å². The molecule has 2 aromatic rings. The Hall–Kier alpha value is -2.56. The molecule has 0 spiro atoms. The Bertz CT molecular complexity index is 969. The van der Waals surface area contributed by atoms with Crippen LogP contribution < -0.4 is 10.4 Å². The molecule has 1 heterocycles. The number of hydrogen-bond donors (Lipinski definition) is 0. The van der Waals surface area contributed by atoms with Crippen molar-refractivity contribution in [2.45, 2.75) is 53.6 Å². The van der Waals surface area contributed by atoms with Gasteiger partial charge in [-0.05, 0) is 31.5 Å². The fourth-order valence-corrected chi connectivity index (χ4v) is 3.83. The van der Waals surface area contributed by atoms with Gasteiger partial charge in [0.15, 0.2) is 0 Å². The van der Waals surface area contributed by atoms with E-state index in [4.69, 9.17) is 13.9 Å². The highest BCUT2D eigenvalue weighted by atomic mass is 16.5. The number of carbonyl (C=O) groups is 1. The van der Waals surface area contributed by atoms with Crippen molar-refractivity contribution in [3.63, 3.8) is 0 Å². The maximum atomic E-state index is 12.3. The van der Waals surface area contributed by atoms with Gasteiger partial charge in [-0.1, -0.05) is 39.3 Å². The Morgan fingerprint density at radius 2 is 2.00 bits per heavy atom. The Morgan fingerprint density at radius 1 is 1.28 bits per heavy atom. The first-order valence-electron chi connectivity index (χ1n) is 10.3. The predicted molar refractivity (Wildman–Crippen MR) is 113 cm³/mol. The molecule has 1 aliphatic carbocycles. The summed E-state index contributed by atoms with van der Waals surface area (Å²) in [7, 11) is 0. The summed E-state index contributed by atoms with van der Waals surface area (Å²) in [6.07, 6.45) is 3.45. The Balaban J connectivity index is 1.75. The summed E-state index contributed by atoms with van der Waals surface area (Å²) < 4.78 is 17.2. The van der Waals surface area contributed by atoms with E-state index in [0.29, 0.717) is 17.9 Å². The van der Waals surface area contributed by atoms with E-state index in [9.17, 15) is 9.59 Å². The number of rotatable bonds is 6. The quantitative estimate of drug-likeness (QED) is 0.384. The van der Waals surface area contributed by atoms with Crippen molar-refractivity contribution < 1.29 is 18.7 Å². The van der Waals surface area contributed by atoms with Gasteiger partial charge in [-0.25, -0.2) is 4.79 Å². The van der Waals surface area contributed by atoms with Gasteiger partial charge in [0.1, 0.15) is 17.4 Å². The lowest BCUT2D eigenvalue weighted by Gasteiger charge is -2.43. The molecular weight excluding hydrogens is 368 g/mol. The van der Waals surface area contributed by atoms with Crippen LogP contribution >= 0.6 is 0 Å². The molecule has 1 aliphatic rings. The van der Waals surface area contributed by atoms with Crippen LogP contribution in [0.2, 0.25) is 0 Å². The average Bonchev–Trinajstić information content (AvgIpc) is 2.68. The van der Waals surface area contributed by atoms with E-state index in [1.54, 1.807) is 12.1 Å². The molecule has 0 saturated carbocycles. The zero-order valence-electron chi connectivity index (χ0n) is 17.9. The third kappa shape index (κ3) is 4.55. The molecule has 0 amide bonds. The molecule has 156 valence electrons. The highest BCUT2D eigenvalue weighted by molar-refractivity contribution is 5.77. The highest BCUT2D eigenvalue weighted by Gasteiger charge is 2.43. The molecule has 5 heteroatoms. The van der Waals surface area contributed by atoms with E-state index in [2.05, 4.69) is 26.8 Å². The molecule has 0 radical (unpaired) electrons. The van der Waals surface area contributed by atoms with E-state index in [-0.39, 0.29) is 34.9 Å². The van der Waals surface area contributed by atoms with Crippen molar-refractivity contribution in [3.8, 4) is 5.75 Å². The van der Waals surface area contributed by atoms with Crippen molar-refractivity contribution in [1.82, 2.24) is 0 Å². The van der Waals surface area contributed by atoms with Gasteiger partial charge in [0.2, 0.25) is 0 Å². The molecule has 1 aromatic carbocycles. The molecule has 0 fully saturated rings. The zero-order chi connectivity index (χ0) is 21.2. The lowest BCUT2D eigenvalue weighted by molar-refractivity contribution is -0.162. The third-order valence-electron chi connectivity index (χ3n) is 6.22. The Morgan fingerprint density at radius 3 is 2.72 bits per heavy atom. The van der Waals surface area contributed by atoms with Crippen LogP contribution in [-0.4, -0.2) is 18.7 Å². The number of benzene rings is 1. The van der Waals surface area contributed by atoms with E-state index in [1.165, 1.54) is 11.6 Å². The molecule has 29 heavy (non-hydrogen) atoms. The smallest absolute Gasteiger partial charge is 0.336 e. The first kappa shape index (κ1) is 21.2. The van der Waals surface area contributed by atoms with Crippen LogP contribution in [0.5, 0.6) is 5.75 Å². The Labute approximate surface area is 171 Å². The molecule has 0 bridgehead atoms. The van der Waals surface area contributed by atoms with Gasteiger partial charge in [0.05, 0.1) is 12.5 Å². The third-order valence-corrected chi connectivity index (χ3v) is 6.22. The largest absolute Gasteiger partial charge is 0.493 e. The average molecular weight is 398 g/mol. The molecule has 5 nitrogen and oxygen atoms in total. The van der Waals surface area contributed by atoms with Crippen LogP contribution in [-0.2, 0) is 9.53 Å². The van der Waals surface area contributed by atoms with Crippen molar-refractivity contribution in [2.24, 2.45) is 17.3 Å². The number of fused-ring (bicyclic) bond motifs is 1. The van der Waals surface area contributed by atoms with Gasteiger partial charge < -0.3 is 13.9 Å². The molecule has 3 atom stereocenters. The van der Waals surface area contributed by atoms with Crippen LogP contribution in [0.25, 0.3) is 11.0 Å². The highest BCUT2D eigenvalue weighted by Crippen LogP contribution is 2.43. The summed E-state index contributed by atoms with van der Waals surface area (Å²) in [5.41, 5.74) is 1.10. The molecule has 0 N–H and O–H groups in total. The SMILES string of the molecule is CCC(C)C(=O)OC1CC=C(C)C(COc2ccc3ccc(=O)oc3c2)C1(C)C. The number of hydrogen-bond acceptors (Lipinski definition) is 5. The summed E-state index contributed by atoms with van der Waals surface area (Å²) >= 11 is 0. The van der Waals surface area contributed by atoms with Gasteiger partial charge in [-0.15, -0.1) is 0 Å².